The molecule has 0 amide bonds. The molecule has 1 aromatic rings. The number of carbonyl (C=O) groups is 3. The quantitative estimate of drug-likeness (QED) is 0.408. The summed E-state index contributed by atoms with van der Waals surface area (Å²) in [6.45, 7) is 1.60. The van der Waals surface area contributed by atoms with E-state index in [1.54, 1.807) is 37.3 Å². The van der Waals surface area contributed by atoms with Gasteiger partial charge < -0.3 is 14.3 Å². The van der Waals surface area contributed by atoms with Crippen LogP contribution in [-0.4, -0.2) is 31.9 Å². The monoisotopic (exact) mass is 250 g/mol. The van der Waals surface area contributed by atoms with Crippen molar-refractivity contribution in [3.63, 3.8) is 0 Å². The molecule has 5 heteroatoms. The van der Waals surface area contributed by atoms with Gasteiger partial charge >= 0.3 is 5.97 Å². The van der Waals surface area contributed by atoms with Crippen molar-refractivity contribution >= 4 is 18.7 Å². The van der Waals surface area contributed by atoms with Gasteiger partial charge in [-0.1, -0.05) is 30.3 Å². The topological polar surface area (TPSA) is 69.7 Å². The van der Waals surface area contributed by atoms with Crippen LogP contribution in [0.3, 0.4) is 0 Å². The highest BCUT2D eigenvalue weighted by atomic mass is 16.5. The second kappa shape index (κ2) is 6.54. The lowest BCUT2D eigenvalue weighted by Crippen LogP contribution is -2.43. The molecule has 0 bridgehead atoms. The SMILES string of the molecule is CCOC(=O)[C@](C=O)(COC=O)c1ccccc1. The van der Waals surface area contributed by atoms with Gasteiger partial charge in [0.05, 0.1) is 6.61 Å². The molecule has 0 aliphatic rings. The van der Waals surface area contributed by atoms with Gasteiger partial charge in [-0.05, 0) is 12.5 Å². The fourth-order valence-electron chi connectivity index (χ4n) is 1.57. The minimum absolute atomic E-state index is 0.141. The molecule has 0 aliphatic heterocycles. The Bertz CT molecular complexity index is 415. The summed E-state index contributed by atoms with van der Waals surface area (Å²) in [7, 11) is 0. The van der Waals surface area contributed by atoms with Crippen molar-refractivity contribution in [1.29, 1.82) is 0 Å². The first-order valence-corrected chi connectivity index (χ1v) is 5.45. The van der Waals surface area contributed by atoms with E-state index in [1.165, 1.54) is 0 Å². The average molecular weight is 250 g/mol. The number of ether oxygens (including phenoxy) is 2. The van der Waals surface area contributed by atoms with Crippen molar-refractivity contribution in [2.75, 3.05) is 13.2 Å². The number of carbonyl (C=O) groups excluding carboxylic acids is 3. The standard InChI is InChI=1S/C13H14O5/c1-2-18-12(16)13(8-14,9-17-10-15)11-6-4-3-5-7-11/h3-8,10H,2,9H2,1H3/t13-/m1/s1. The van der Waals surface area contributed by atoms with Crippen molar-refractivity contribution < 1.29 is 23.9 Å². The Morgan fingerprint density at radius 2 is 1.94 bits per heavy atom. The van der Waals surface area contributed by atoms with Crippen LogP contribution in [0.4, 0.5) is 0 Å². The molecule has 1 rings (SSSR count). The number of benzene rings is 1. The zero-order valence-corrected chi connectivity index (χ0v) is 10.00. The van der Waals surface area contributed by atoms with E-state index in [-0.39, 0.29) is 19.7 Å². The third-order valence-electron chi connectivity index (χ3n) is 2.51. The van der Waals surface area contributed by atoms with Crippen LogP contribution < -0.4 is 0 Å². The highest BCUT2D eigenvalue weighted by Gasteiger charge is 2.43. The Labute approximate surface area is 105 Å². The van der Waals surface area contributed by atoms with E-state index in [0.29, 0.717) is 11.8 Å². The molecule has 0 spiro atoms. The summed E-state index contributed by atoms with van der Waals surface area (Å²) in [5.74, 6) is -0.729. The van der Waals surface area contributed by atoms with E-state index in [4.69, 9.17) is 4.74 Å². The lowest BCUT2D eigenvalue weighted by molar-refractivity contribution is -0.155. The van der Waals surface area contributed by atoms with E-state index < -0.39 is 11.4 Å². The first-order chi connectivity index (χ1) is 8.71. The summed E-state index contributed by atoms with van der Waals surface area (Å²) in [4.78, 5) is 33.6. The van der Waals surface area contributed by atoms with Crippen LogP contribution in [0.1, 0.15) is 12.5 Å². The molecule has 0 radical (unpaired) electrons. The van der Waals surface area contributed by atoms with Gasteiger partial charge in [-0.2, -0.15) is 0 Å². The zero-order valence-electron chi connectivity index (χ0n) is 10.00. The van der Waals surface area contributed by atoms with Gasteiger partial charge in [-0.3, -0.25) is 9.59 Å². The maximum absolute atomic E-state index is 12.0. The predicted octanol–water partition coefficient (Wildman–Crippen LogP) is 0.859. The van der Waals surface area contributed by atoms with Crippen LogP contribution in [-0.2, 0) is 29.3 Å². The van der Waals surface area contributed by atoms with Gasteiger partial charge in [-0.15, -0.1) is 0 Å². The molecule has 0 aliphatic carbocycles. The first kappa shape index (κ1) is 13.9. The molecule has 0 saturated carbocycles. The Morgan fingerprint density at radius 3 is 2.44 bits per heavy atom. The molecule has 96 valence electrons. The molecule has 1 aromatic carbocycles. The highest BCUT2D eigenvalue weighted by molar-refractivity contribution is 6.00. The highest BCUT2D eigenvalue weighted by Crippen LogP contribution is 2.24. The van der Waals surface area contributed by atoms with Gasteiger partial charge in [0.2, 0.25) is 0 Å². The summed E-state index contributed by atoms with van der Waals surface area (Å²) >= 11 is 0. The molecule has 18 heavy (non-hydrogen) atoms. The van der Waals surface area contributed by atoms with Gasteiger partial charge in [0.25, 0.3) is 6.47 Å². The lowest BCUT2D eigenvalue weighted by atomic mass is 9.82. The Morgan fingerprint density at radius 1 is 1.28 bits per heavy atom. The van der Waals surface area contributed by atoms with Crippen LogP contribution in [0.5, 0.6) is 0 Å². The van der Waals surface area contributed by atoms with Crippen LogP contribution in [0, 0.1) is 0 Å². The Balaban J connectivity index is 3.17. The van der Waals surface area contributed by atoms with Crippen molar-refractivity contribution in [1.82, 2.24) is 0 Å². The summed E-state index contributed by atoms with van der Waals surface area (Å²) in [5, 5.41) is 0. The van der Waals surface area contributed by atoms with Crippen molar-refractivity contribution in [3.05, 3.63) is 35.9 Å². The molecular weight excluding hydrogens is 236 g/mol. The number of esters is 1. The molecule has 5 nitrogen and oxygen atoms in total. The number of hydrogen-bond donors (Lipinski definition) is 0. The molecule has 0 N–H and O–H groups in total. The minimum atomic E-state index is -1.60. The smallest absolute Gasteiger partial charge is 0.327 e. The second-order valence-electron chi connectivity index (χ2n) is 3.58. The molecule has 0 fully saturated rings. The summed E-state index contributed by atoms with van der Waals surface area (Å²) in [6.07, 6.45) is 0.448. The fraction of sp³-hybridized carbons (Fsp3) is 0.308. The number of rotatable bonds is 7. The number of aldehydes is 1. The largest absolute Gasteiger partial charge is 0.466 e. The minimum Gasteiger partial charge on any atom is -0.466 e. The van der Waals surface area contributed by atoms with Crippen LogP contribution >= 0.6 is 0 Å². The van der Waals surface area contributed by atoms with E-state index in [9.17, 15) is 14.4 Å². The molecule has 0 aromatic heterocycles. The normalized spacial score (nSPS) is 13.2. The third kappa shape index (κ3) is 2.74. The number of hydrogen-bond acceptors (Lipinski definition) is 5. The van der Waals surface area contributed by atoms with Gasteiger partial charge in [0, 0.05) is 0 Å². The van der Waals surface area contributed by atoms with Crippen molar-refractivity contribution in [2.24, 2.45) is 0 Å². The summed E-state index contributed by atoms with van der Waals surface area (Å²) < 4.78 is 9.48. The zero-order chi connectivity index (χ0) is 13.4. The average Bonchev–Trinajstić information content (AvgIpc) is 2.42. The summed E-state index contributed by atoms with van der Waals surface area (Å²) in [6, 6.07) is 8.35. The Kier molecular flexibility index (Phi) is 5.05. The second-order valence-corrected chi connectivity index (χ2v) is 3.58. The van der Waals surface area contributed by atoms with Crippen molar-refractivity contribution in [3.8, 4) is 0 Å². The van der Waals surface area contributed by atoms with Crippen LogP contribution in [0.25, 0.3) is 0 Å². The van der Waals surface area contributed by atoms with E-state index >= 15 is 0 Å². The Hall–Kier alpha value is -2.17. The van der Waals surface area contributed by atoms with Crippen LogP contribution in [0.15, 0.2) is 30.3 Å². The van der Waals surface area contributed by atoms with Crippen LogP contribution in [0.2, 0.25) is 0 Å². The van der Waals surface area contributed by atoms with E-state index in [0.717, 1.165) is 0 Å². The van der Waals surface area contributed by atoms with Crippen molar-refractivity contribution in [2.45, 2.75) is 12.3 Å². The molecular formula is C13H14O5. The van der Waals surface area contributed by atoms with E-state index in [1.807, 2.05) is 0 Å². The van der Waals surface area contributed by atoms with Gasteiger partial charge in [0.15, 0.2) is 5.41 Å². The summed E-state index contributed by atoms with van der Waals surface area (Å²) in [5.41, 5.74) is -1.17. The lowest BCUT2D eigenvalue weighted by Gasteiger charge is -2.24. The predicted molar refractivity (Wildman–Crippen MR) is 62.8 cm³/mol. The van der Waals surface area contributed by atoms with Gasteiger partial charge in [0.1, 0.15) is 12.9 Å². The first-order valence-electron chi connectivity index (χ1n) is 5.45. The molecule has 0 unspecified atom stereocenters. The maximum atomic E-state index is 12.0. The third-order valence-corrected chi connectivity index (χ3v) is 2.51. The van der Waals surface area contributed by atoms with Gasteiger partial charge in [-0.25, -0.2) is 0 Å². The van der Waals surface area contributed by atoms with E-state index in [2.05, 4.69) is 4.74 Å². The maximum Gasteiger partial charge on any atom is 0.327 e. The molecule has 1 atom stereocenters. The molecule has 0 saturated heterocycles. The fourth-order valence-corrected chi connectivity index (χ4v) is 1.57. The molecule has 0 heterocycles.